The van der Waals surface area contributed by atoms with Crippen molar-refractivity contribution in [3.63, 3.8) is 0 Å². The van der Waals surface area contributed by atoms with Crippen molar-refractivity contribution in [2.45, 2.75) is 18.9 Å². The third-order valence-electron chi connectivity index (χ3n) is 3.24. The van der Waals surface area contributed by atoms with Gasteiger partial charge in [0.25, 0.3) is 5.91 Å². The Morgan fingerprint density at radius 2 is 2.09 bits per heavy atom. The molecule has 0 fully saturated rings. The molecule has 1 N–H and O–H groups in total. The van der Waals surface area contributed by atoms with Crippen LogP contribution in [0, 0.1) is 11.3 Å². The molecular weight excluding hydrogens is 316 g/mol. The number of nitrogens with zero attached hydrogens (tertiary/aromatic N) is 1. The molecule has 1 aliphatic carbocycles. The highest BCUT2D eigenvalue weighted by Gasteiger charge is 2.29. The van der Waals surface area contributed by atoms with E-state index in [0.29, 0.717) is 22.6 Å². The van der Waals surface area contributed by atoms with Gasteiger partial charge in [-0.1, -0.05) is 29.8 Å². The SMILES string of the molecule is CC(C#N)(COC(=O)C1=CCC=C1)NC(=O)c1ccc(Cl)cc1. The number of benzene rings is 1. The van der Waals surface area contributed by atoms with Gasteiger partial charge in [-0.2, -0.15) is 5.26 Å². The first-order valence-electron chi connectivity index (χ1n) is 6.97. The molecule has 6 heteroatoms. The summed E-state index contributed by atoms with van der Waals surface area (Å²) in [6.07, 6.45) is 5.92. The second-order valence-corrected chi connectivity index (χ2v) is 5.72. The van der Waals surface area contributed by atoms with Gasteiger partial charge >= 0.3 is 5.97 Å². The molecule has 0 spiro atoms. The number of carbonyl (C=O) groups is 2. The van der Waals surface area contributed by atoms with Crippen LogP contribution in [0.2, 0.25) is 5.02 Å². The summed E-state index contributed by atoms with van der Waals surface area (Å²) < 4.78 is 5.12. The van der Waals surface area contributed by atoms with Gasteiger partial charge in [0, 0.05) is 10.6 Å². The Bertz CT molecular complexity index is 716. The average molecular weight is 331 g/mol. The van der Waals surface area contributed by atoms with Crippen molar-refractivity contribution in [1.29, 1.82) is 5.26 Å². The molecule has 0 saturated heterocycles. The molecule has 0 radical (unpaired) electrons. The molecule has 23 heavy (non-hydrogen) atoms. The second kappa shape index (κ2) is 7.12. The lowest BCUT2D eigenvalue weighted by atomic mass is 10.1. The van der Waals surface area contributed by atoms with E-state index in [0.717, 1.165) is 0 Å². The summed E-state index contributed by atoms with van der Waals surface area (Å²) in [5.41, 5.74) is -0.507. The summed E-state index contributed by atoms with van der Waals surface area (Å²) >= 11 is 5.77. The Morgan fingerprint density at radius 1 is 1.39 bits per heavy atom. The molecule has 2 rings (SSSR count). The van der Waals surface area contributed by atoms with Crippen LogP contribution in [0.15, 0.2) is 48.1 Å². The maximum atomic E-state index is 12.2. The molecule has 0 heterocycles. The highest BCUT2D eigenvalue weighted by Crippen LogP contribution is 2.14. The molecule has 0 aromatic heterocycles. The summed E-state index contributed by atoms with van der Waals surface area (Å²) in [6.45, 7) is 1.25. The zero-order valence-corrected chi connectivity index (χ0v) is 13.3. The van der Waals surface area contributed by atoms with Gasteiger partial charge in [-0.3, -0.25) is 4.79 Å². The van der Waals surface area contributed by atoms with Gasteiger partial charge in [0.15, 0.2) is 5.54 Å². The Balaban J connectivity index is 1.98. The predicted octanol–water partition coefficient (Wildman–Crippen LogP) is 2.78. The summed E-state index contributed by atoms with van der Waals surface area (Å²) in [5, 5.41) is 12.4. The number of carbonyl (C=O) groups excluding carboxylic acids is 2. The van der Waals surface area contributed by atoms with Crippen molar-refractivity contribution in [3.8, 4) is 6.07 Å². The summed E-state index contributed by atoms with van der Waals surface area (Å²) in [6, 6.07) is 8.23. The van der Waals surface area contributed by atoms with E-state index >= 15 is 0 Å². The number of nitrogens with one attached hydrogen (secondary N) is 1. The summed E-state index contributed by atoms with van der Waals surface area (Å²) in [4.78, 5) is 24.0. The topological polar surface area (TPSA) is 79.2 Å². The lowest BCUT2D eigenvalue weighted by Gasteiger charge is -2.23. The van der Waals surface area contributed by atoms with Gasteiger partial charge in [-0.25, -0.2) is 4.79 Å². The summed E-state index contributed by atoms with van der Waals surface area (Å²) in [7, 11) is 0. The average Bonchev–Trinajstić information content (AvgIpc) is 3.08. The molecule has 0 bridgehead atoms. The lowest BCUT2D eigenvalue weighted by Crippen LogP contribution is -2.48. The van der Waals surface area contributed by atoms with E-state index in [2.05, 4.69) is 5.32 Å². The highest BCUT2D eigenvalue weighted by atomic mass is 35.5. The Morgan fingerprint density at radius 3 is 2.65 bits per heavy atom. The number of allylic oxidation sites excluding steroid dienone is 2. The number of esters is 1. The smallest absolute Gasteiger partial charge is 0.337 e. The van der Waals surface area contributed by atoms with Crippen LogP contribution in [0.5, 0.6) is 0 Å². The molecule has 1 amide bonds. The van der Waals surface area contributed by atoms with Gasteiger partial charge < -0.3 is 10.1 Å². The number of nitriles is 1. The molecule has 1 aromatic rings. The molecule has 1 atom stereocenters. The van der Waals surface area contributed by atoms with Gasteiger partial charge in [-0.15, -0.1) is 0 Å². The van der Waals surface area contributed by atoms with Crippen molar-refractivity contribution >= 4 is 23.5 Å². The molecule has 1 aliphatic rings. The first-order chi connectivity index (χ1) is 10.9. The molecule has 1 aromatic carbocycles. The van der Waals surface area contributed by atoms with Crippen LogP contribution in [0.3, 0.4) is 0 Å². The molecule has 5 nitrogen and oxygen atoms in total. The van der Waals surface area contributed by atoms with Gasteiger partial charge in [0.1, 0.15) is 6.61 Å². The van der Waals surface area contributed by atoms with Crippen molar-refractivity contribution in [2.24, 2.45) is 0 Å². The number of rotatable bonds is 5. The first-order valence-corrected chi connectivity index (χ1v) is 7.34. The van der Waals surface area contributed by atoms with Crippen molar-refractivity contribution in [2.75, 3.05) is 6.61 Å². The number of halogens is 1. The van der Waals surface area contributed by atoms with E-state index in [1.165, 1.54) is 6.92 Å². The normalized spacial score (nSPS) is 15.3. The first kappa shape index (κ1) is 16.8. The highest BCUT2D eigenvalue weighted by molar-refractivity contribution is 6.30. The fraction of sp³-hybridized carbons (Fsp3) is 0.235. The third-order valence-corrected chi connectivity index (χ3v) is 3.49. The van der Waals surface area contributed by atoms with Gasteiger partial charge in [-0.05, 0) is 37.6 Å². The van der Waals surface area contributed by atoms with E-state index in [-0.39, 0.29) is 6.61 Å². The Hall–Kier alpha value is -2.58. The van der Waals surface area contributed by atoms with Gasteiger partial charge in [0.05, 0.1) is 11.6 Å². The maximum Gasteiger partial charge on any atom is 0.337 e. The minimum Gasteiger partial charge on any atom is -0.458 e. The zero-order valence-electron chi connectivity index (χ0n) is 12.5. The van der Waals surface area contributed by atoms with Crippen LogP contribution in [-0.2, 0) is 9.53 Å². The summed E-state index contributed by atoms with van der Waals surface area (Å²) in [5.74, 6) is -0.956. The fourth-order valence-corrected chi connectivity index (χ4v) is 2.05. The molecule has 0 aliphatic heterocycles. The van der Waals surface area contributed by atoms with Crippen LogP contribution in [0.25, 0.3) is 0 Å². The number of hydrogen-bond donors (Lipinski definition) is 1. The van der Waals surface area contributed by atoms with Gasteiger partial charge in [0.2, 0.25) is 0 Å². The van der Waals surface area contributed by atoms with E-state index in [4.69, 9.17) is 16.3 Å². The van der Waals surface area contributed by atoms with E-state index < -0.39 is 17.4 Å². The number of hydrogen-bond acceptors (Lipinski definition) is 4. The molecular formula is C17H15ClN2O3. The largest absolute Gasteiger partial charge is 0.458 e. The minimum atomic E-state index is -1.32. The fourth-order valence-electron chi connectivity index (χ4n) is 1.92. The number of ether oxygens (including phenoxy) is 1. The van der Waals surface area contributed by atoms with Crippen LogP contribution in [0.1, 0.15) is 23.7 Å². The van der Waals surface area contributed by atoms with E-state index in [9.17, 15) is 14.9 Å². The second-order valence-electron chi connectivity index (χ2n) is 5.28. The van der Waals surface area contributed by atoms with Crippen LogP contribution < -0.4 is 5.32 Å². The molecule has 118 valence electrons. The maximum absolute atomic E-state index is 12.2. The zero-order chi connectivity index (χ0) is 16.9. The van der Waals surface area contributed by atoms with Crippen LogP contribution in [-0.4, -0.2) is 24.0 Å². The minimum absolute atomic E-state index is 0.243. The molecule has 0 saturated carbocycles. The van der Waals surface area contributed by atoms with Crippen molar-refractivity contribution in [3.05, 3.63) is 58.7 Å². The standard InChI is InChI=1S/C17H15ClN2O3/c1-17(10-19,11-23-16(22)13-4-2-3-5-13)20-15(21)12-6-8-14(18)9-7-12/h2,4-9H,3,11H2,1H3,(H,20,21). The third kappa shape index (κ3) is 4.44. The quantitative estimate of drug-likeness (QED) is 0.842. The number of amides is 1. The van der Waals surface area contributed by atoms with E-state index in [1.807, 2.05) is 12.1 Å². The molecule has 1 unspecified atom stereocenters. The Labute approximate surface area is 139 Å². The Kier molecular flexibility index (Phi) is 5.20. The van der Waals surface area contributed by atoms with Crippen LogP contribution >= 0.6 is 11.6 Å². The monoisotopic (exact) mass is 330 g/mol. The van der Waals surface area contributed by atoms with E-state index in [1.54, 1.807) is 36.4 Å². The predicted molar refractivity (Wildman–Crippen MR) is 85.7 cm³/mol. The van der Waals surface area contributed by atoms with Crippen LogP contribution in [0.4, 0.5) is 0 Å². The van der Waals surface area contributed by atoms with Crippen molar-refractivity contribution in [1.82, 2.24) is 5.32 Å². The lowest BCUT2D eigenvalue weighted by molar-refractivity contribution is -0.139. The van der Waals surface area contributed by atoms with Crippen molar-refractivity contribution < 1.29 is 14.3 Å².